The molecule has 0 aliphatic carbocycles. The molecular formula is C19H15Cl2FN4O2. The first-order valence-corrected chi connectivity index (χ1v) is 8.95. The molecule has 3 aromatic rings. The van der Waals surface area contributed by atoms with E-state index in [1.807, 2.05) is 0 Å². The maximum absolute atomic E-state index is 13.0. The van der Waals surface area contributed by atoms with E-state index in [1.165, 1.54) is 22.9 Å². The summed E-state index contributed by atoms with van der Waals surface area (Å²) in [6.07, 6.45) is 0. The number of nitrogens with zero attached hydrogens (tertiary/aromatic N) is 2. The first kappa shape index (κ1) is 19.9. The third-order valence-corrected chi connectivity index (χ3v) is 4.66. The number of halogens is 3. The number of hydrogen-bond acceptors (Lipinski definition) is 3. The number of carbonyl (C=O) groups excluding carboxylic acids is 2. The first-order chi connectivity index (χ1) is 13.4. The summed E-state index contributed by atoms with van der Waals surface area (Å²) in [7, 11) is 0. The molecule has 0 aliphatic rings. The van der Waals surface area contributed by atoms with Crippen LogP contribution in [0.3, 0.4) is 0 Å². The van der Waals surface area contributed by atoms with Crippen LogP contribution < -0.4 is 10.9 Å². The van der Waals surface area contributed by atoms with Gasteiger partial charge in [-0.1, -0.05) is 47.5 Å². The molecule has 0 unspecified atom stereocenters. The fourth-order valence-electron chi connectivity index (χ4n) is 2.57. The number of rotatable bonds is 4. The molecule has 144 valence electrons. The van der Waals surface area contributed by atoms with Gasteiger partial charge in [-0.3, -0.25) is 20.4 Å². The lowest BCUT2D eigenvalue weighted by Gasteiger charge is -2.08. The third-order valence-electron chi connectivity index (χ3n) is 3.95. The van der Waals surface area contributed by atoms with Crippen molar-refractivity contribution in [3.05, 3.63) is 86.9 Å². The molecule has 0 radical (unpaired) electrons. The molecule has 0 spiro atoms. The Kier molecular flexibility index (Phi) is 5.96. The predicted molar refractivity (Wildman–Crippen MR) is 104 cm³/mol. The van der Waals surface area contributed by atoms with Crippen molar-refractivity contribution in [1.29, 1.82) is 0 Å². The molecule has 9 heteroatoms. The molecule has 28 heavy (non-hydrogen) atoms. The molecule has 0 bridgehead atoms. The molecule has 2 N–H and O–H groups in total. The van der Waals surface area contributed by atoms with Gasteiger partial charge in [0.1, 0.15) is 16.5 Å². The Morgan fingerprint density at radius 2 is 1.68 bits per heavy atom. The Morgan fingerprint density at radius 1 is 1.04 bits per heavy atom. The number of aryl methyl sites for hydroxylation is 1. The van der Waals surface area contributed by atoms with Crippen LogP contribution in [0.25, 0.3) is 0 Å². The van der Waals surface area contributed by atoms with E-state index in [2.05, 4.69) is 16.0 Å². The maximum Gasteiger partial charge on any atom is 0.274 e. The van der Waals surface area contributed by atoms with E-state index >= 15 is 0 Å². The van der Waals surface area contributed by atoms with Crippen LogP contribution >= 0.6 is 23.2 Å². The summed E-state index contributed by atoms with van der Waals surface area (Å²) in [5.74, 6) is -1.53. The van der Waals surface area contributed by atoms with Gasteiger partial charge in [-0.25, -0.2) is 9.07 Å². The Hall–Kier alpha value is -2.90. The Bertz CT molecular complexity index is 1030. The molecule has 3 rings (SSSR count). The molecule has 6 nitrogen and oxygen atoms in total. The molecule has 1 heterocycles. The quantitative estimate of drug-likeness (QED) is 0.630. The highest BCUT2D eigenvalue weighted by molar-refractivity contribution is 6.34. The van der Waals surface area contributed by atoms with Crippen molar-refractivity contribution < 1.29 is 14.0 Å². The second kappa shape index (κ2) is 8.41. The minimum atomic E-state index is -0.617. The van der Waals surface area contributed by atoms with Crippen molar-refractivity contribution in [3.8, 4) is 0 Å². The van der Waals surface area contributed by atoms with Gasteiger partial charge in [0.2, 0.25) is 0 Å². The minimum Gasteiger partial charge on any atom is -0.267 e. The standard InChI is InChI=1S/C19H15Cl2FN4O2/c1-11-16(17(21)26(25-11)10-12-6-8-13(22)9-7-12)19(28)24-23-18(27)14-4-2-3-5-15(14)20/h2-9H,10H2,1H3,(H,23,27)(H,24,28). The lowest BCUT2D eigenvalue weighted by molar-refractivity contribution is 0.0846. The van der Waals surface area contributed by atoms with Crippen LogP contribution in [0, 0.1) is 12.7 Å². The zero-order chi connectivity index (χ0) is 20.3. The third kappa shape index (κ3) is 4.32. The highest BCUT2D eigenvalue weighted by atomic mass is 35.5. The van der Waals surface area contributed by atoms with Gasteiger partial charge in [0.25, 0.3) is 11.8 Å². The van der Waals surface area contributed by atoms with Gasteiger partial charge in [0.15, 0.2) is 0 Å². The average molecular weight is 421 g/mol. The molecular weight excluding hydrogens is 406 g/mol. The van der Waals surface area contributed by atoms with Crippen LogP contribution in [0.2, 0.25) is 10.2 Å². The smallest absolute Gasteiger partial charge is 0.267 e. The monoisotopic (exact) mass is 420 g/mol. The molecule has 0 saturated heterocycles. The lowest BCUT2D eigenvalue weighted by atomic mass is 10.2. The average Bonchev–Trinajstić information content (AvgIpc) is 2.95. The van der Waals surface area contributed by atoms with E-state index in [1.54, 1.807) is 37.3 Å². The van der Waals surface area contributed by atoms with Gasteiger partial charge in [0, 0.05) is 0 Å². The number of nitrogens with one attached hydrogen (secondary N) is 2. The molecule has 0 fully saturated rings. The molecule has 0 aliphatic heterocycles. The highest BCUT2D eigenvalue weighted by Gasteiger charge is 2.21. The molecule has 0 atom stereocenters. The van der Waals surface area contributed by atoms with Crippen molar-refractivity contribution in [1.82, 2.24) is 20.6 Å². The highest BCUT2D eigenvalue weighted by Crippen LogP contribution is 2.21. The summed E-state index contributed by atoms with van der Waals surface area (Å²) in [4.78, 5) is 24.6. The van der Waals surface area contributed by atoms with Crippen LogP contribution in [-0.2, 0) is 6.54 Å². The SMILES string of the molecule is Cc1nn(Cc2ccc(F)cc2)c(Cl)c1C(=O)NNC(=O)c1ccccc1Cl. The van der Waals surface area contributed by atoms with E-state index in [0.717, 1.165) is 5.56 Å². The van der Waals surface area contributed by atoms with Gasteiger partial charge < -0.3 is 0 Å². The number of hydrazine groups is 1. The van der Waals surface area contributed by atoms with Crippen molar-refractivity contribution in [2.24, 2.45) is 0 Å². The van der Waals surface area contributed by atoms with E-state index in [0.29, 0.717) is 5.69 Å². The fraction of sp³-hybridized carbons (Fsp3) is 0.105. The zero-order valence-corrected chi connectivity index (χ0v) is 16.2. The molecule has 1 aromatic heterocycles. The summed E-state index contributed by atoms with van der Waals surface area (Å²) in [6.45, 7) is 1.89. The largest absolute Gasteiger partial charge is 0.274 e. The summed E-state index contributed by atoms with van der Waals surface area (Å²) in [5.41, 5.74) is 6.11. The number of benzene rings is 2. The Balaban J connectivity index is 1.72. The number of amides is 2. The van der Waals surface area contributed by atoms with Gasteiger partial charge in [-0.15, -0.1) is 0 Å². The summed E-state index contributed by atoms with van der Waals surface area (Å²) >= 11 is 12.3. The molecule has 2 aromatic carbocycles. The van der Waals surface area contributed by atoms with E-state index in [-0.39, 0.29) is 33.7 Å². The van der Waals surface area contributed by atoms with Crippen molar-refractivity contribution in [3.63, 3.8) is 0 Å². The summed E-state index contributed by atoms with van der Waals surface area (Å²) in [5, 5.41) is 4.61. The number of aromatic nitrogens is 2. The van der Waals surface area contributed by atoms with Crippen molar-refractivity contribution in [2.75, 3.05) is 0 Å². The van der Waals surface area contributed by atoms with Gasteiger partial charge in [-0.2, -0.15) is 5.10 Å². The van der Waals surface area contributed by atoms with Crippen molar-refractivity contribution >= 4 is 35.0 Å². The Morgan fingerprint density at radius 3 is 2.36 bits per heavy atom. The van der Waals surface area contributed by atoms with E-state index in [9.17, 15) is 14.0 Å². The lowest BCUT2D eigenvalue weighted by Crippen LogP contribution is -2.42. The van der Waals surface area contributed by atoms with Crippen LogP contribution in [0.4, 0.5) is 4.39 Å². The zero-order valence-electron chi connectivity index (χ0n) is 14.7. The molecule has 2 amide bonds. The minimum absolute atomic E-state index is 0.103. The van der Waals surface area contributed by atoms with Crippen molar-refractivity contribution in [2.45, 2.75) is 13.5 Å². The van der Waals surface area contributed by atoms with Crippen LogP contribution in [0.15, 0.2) is 48.5 Å². The van der Waals surface area contributed by atoms with Crippen LogP contribution in [-0.4, -0.2) is 21.6 Å². The van der Waals surface area contributed by atoms with Gasteiger partial charge in [-0.05, 0) is 36.8 Å². The predicted octanol–water partition coefficient (Wildman–Crippen LogP) is 3.76. The van der Waals surface area contributed by atoms with Gasteiger partial charge in [0.05, 0.1) is 22.8 Å². The Labute approximate surface area is 170 Å². The fourth-order valence-corrected chi connectivity index (χ4v) is 3.11. The second-order valence-electron chi connectivity index (χ2n) is 5.92. The van der Waals surface area contributed by atoms with E-state index in [4.69, 9.17) is 23.2 Å². The first-order valence-electron chi connectivity index (χ1n) is 8.19. The van der Waals surface area contributed by atoms with Crippen LogP contribution in [0.1, 0.15) is 32.0 Å². The maximum atomic E-state index is 13.0. The number of carbonyl (C=O) groups is 2. The molecule has 0 saturated carbocycles. The van der Waals surface area contributed by atoms with Gasteiger partial charge >= 0.3 is 0 Å². The normalized spacial score (nSPS) is 10.6. The summed E-state index contributed by atoms with van der Waals surface area (Å²) < 4.78 is 14.5. The number of hydrogen-bond donors (Lipinski definition) is 2. The summed E-state index contributed by atoms with van der Waals surface area (Å²) in [6, 6.07) is 12.3. The topological polar surface area (TPSA) is 76.0 Å². The van der Waals surface area contributed by atoms with Crippen LogP contribution in [0.5, 0.6) is 0 Å². The van der Waals surface area contributed by atoms with E-state index < -0.39 is 11.8 Å². The second-order valence-corrected chi connectivity index (χ2v) is 6.69.